The topological polar surface area (TPSA) is 129 Å². The van der Waals surface area contributed by atoms with Crippen molar-refractivity contribution in [2.24, 2.45) is 0 Å². The number of carbonyl (C=O) groups is 4. The quantitative estimate of drug-likeness (QED) is 0.155. The van der Waals surface area contributed by atoms with Gasteiger partial charge in [0, 0.05) is 25.2 Å². The van der Waals surface area contributed by atoms with Crippen LogP contribution in [0.4, 0.5) is 4.79 Å². The third-order valence-electron chi connectivity index (χ3n) is 3.29. The number of hydrogen-bond acceptors (Lipinski definition) is 8. The van der Waals surface area contributed by atoms with Gasteiger partial charge in [-0.2, -0.15) is 0 Å². The lowest BCUT2D eigenvalue weighted by Crippen LogP contribution is -2.29. The van der Waals surface area contributed by atoms with Crippen LogP contribution in [0, 0.1) is 0 Å². The molecular weight excluding hydrogens is 384 g/mol. The molecule has 0 aliphatic carbocycles. The van der Waals surface area contributed by atoms with Gasteiger partial charge in [0.1, 0.15) is 26.4 Å². The van der Waals surface area contributed by atoms with Gasteiger partial charge in [-0.3, -0.25) is 4.79 Å². The van der Waals surface area contributed by atoms with Crippen molar-refractivity contribution in [2.45, 2.75) is 25.7 Å². The second kappa shape index (κ2) is 18.5. The highest BCUT2D eigenvalue weighted by molar-refractivity contribution is 5.81. The summed E-state index contributed by atoms with van der Waals surface area (Å²) in [6, 6.07) is 0. The van der Waals surface area contributed by atoms with Crippen molar-refractivity contribution in [1.82, 2.24) is 10.6 Å². The lowest BCUT2D eigenvalue weighted by Gasteiger charge is -2.08. The van der Waals surface area contributed by atoms with Crippen LogP contribution in [0.5, 0.6) is 0 Å². The lowest BCUT2D eigenvalue weighted by molar-refractivity contribution is -0.140. The maximum Gasteiger partial charge on any atom is 0.407 e. The van der Waals surface area contributed by atoms with Crippen LogP contribution in [-0.4, -0.2) is 70.1 Å². The molecule has 0 heterocycles. The molecule has 0 saturated carbocycles. The van der Waals surface area contributed by atoms with Gasteiger partial charge >= 0.3 is 18.0 Å². The average molecular weight is 414 g/mol. The van der Waals surface area contributed by atoms with Crippen molar-refractivity contribution in [3.05, 3.63) is 25.3 Å². The Morgan fingerprint density at radius 3 is 1.79 bits per heavy atom. The van der Waals surface area contributed by atoms with Gasteiger partial charge in [-0.1, -0.05) is 26.0 Å². The average Bonchev–Trinajstić information content (AvgIpc) is 2.72. The molecular formula is C19H30N2O8. The molecule has 0 aliphatic rings. The molecule has 0 spiro atoms. The van der Waals surface area contributed by atoms with Crippen LogP contribution < -0.4 is 10.6 Å². The Balaban J connectivity index is 3.37. The Morgan fingerprint density at radius 2 is 1.21 bits per heavy atom. The molecule has 10 heteroatoms. The first-order chi connectivity index (χ1) is 14.0. The fourth-order valence-electron chi connectivity index (χ4n) is 1.88. The first-order valence-corrected chi connectivity index (χ1v) is 9.33. The van der Waals surface area contributed by atoms with Gasteiger partial charge in [0.25, 0.3) is 0 Å². The summed E-state index contributed by atoms with van der Waals surface area (Å²) in [6.07, 6.45) is 4.90. The highest BCUT2D eigenvalue weighted by Crippen LogP contribution is 1.98. The molecule has 10 nitrogen and oxygen atoms in total. The Kier molecular flexibility index (Phi) is 16.6. The molecule has 0 unspecified atom stereocenters. The highest BCUT2D eigenvalue weighted by atomic mass is 16.6. The Hall–Kier alpha value is -2.88. The standard InChI is InChI=1S/C19H30N2O8/c1-3-17(23)27-12-11-26-15-16(22)20-9-7-5-6-8-10-21-19(25)29-14-13-28-18(24)4-2/h3-4H,1-2,5-15H2,(H,20,22)(H,21,25). The maximum absolute atomic E-state index is 11.5. The van der Waals surface area contributed by atoms with Gasteiger partial charge in [-0.25, -0.2) is 14.4 Å². The predicted molar refractivity (Wildman–Crippen MR) is 104 cm³/mol. The van der Waals surface area contributed by atoms with E-state index in [2.05, 4.69) is 28.5 Å². The zero-order valence-electron chi connectivity index (χ0n) is 16.6. The van der Waals surface area contributed by atoms with E-state index >= 15 is 0 Å². The van der Waals surface area contributed by atoms with E-state index in [4.69, 9.17) is 14.2 Å². The second-order valence-corrected chi connectivity index (χ2v) is 5.62. The van der Waals surface area contributed by atoms with Crippen LogP contribution in [0.15, 0.2) is 25.3 Å². The highest BCUT2D eigenvalue weighted by Gasteiger charge is 2.03. The van der Waals surface area contributed by atoms with Gasteiger partial charge in [-0.15, -0.1) is 0 Å². The van der Waals surface area contributed by atoms with Crippen LogP contribution in [0.3, 0.4) is 0 Å². The normalized spacial score (nSPS) is 9.79. The number of alkyl carbamates (subject to hydrolysis) is 1. The number of nitrogens with one attached hydrogen (secondary N) is 2. The number of carbonyl (C=O) groups excluding carboxylic acids is 4. The lowest BCUT2D eigenvalue weighted by atomic mass is 10.2. The van der Waals surface area contributed by atoms with Crippen LogP contribution in [0.1, 0.15) is 25.7 Å². The minimum absolute atomic E-state index is 0.0161. The second-order valence-electron chi connectivity index (χ2n) is 5.62. The molecule has 0 rings (SSSR count). The van der Waals surface area contributed by atoms with Crippen molar-refractivity contribution in [2.75, 3.05) is 46.1 Å². The van der Waals surface area contributed by atoms with Crippen molar-refractivity contribution in [3.8, 4) is 0 Å². The van der Waals surface area contributed by atoms with E-state index in [1.54, 1.807) is 0 Å². The molecule has 0 aliphatic heterocycles. The molecule has 2 amide bonds. The smallest absolute Gasteiger partial charge is 0.407 e. The summed E-state index contributed by atoms with van der Waals surface area (Å²) in [5, 5.41) is 5.32. The summed E-state index contributed by atoms with van der Waals surface area (Å²) < 4.78 is 19.3. The first-order valence-electron chi connectivity index (χ1n) is 9.33. The SMILES string of the molecule is C=CC(=O)OCCOCC(=O)NCCCCCCNC(=O)OCCOC(=O)C=C. The predicted octanol–water partition coefficient (Wildman–Crippen LogP) is 0.864. The monoisotopic (exact) mass is 414 g/mol. The van der Waals surface area contributed by atoms with E-state index in [0.29, 0.717) is 13.1 Å². The van der Waals surface area contributed by atoms with Crippen LogP contribution in [0.2, 0.25) is 0 Å². The van der Waals surface area contributed by atoms with Crippen molar-refractivity contribution in [1.29, 1.82) is 0 Å². The third-order valence-corrected chi connectivity index (χ3v) is 3.29. The van der Waals surface area contributed by atoms with E-state index in [1.807, 2.05) is 0 Å². The zero-order chi connectivity index (χ0) is 21.7. The van der Waals surface area contributed by atoms with Gasteiger partial charge in [-0.05, 0) is 12.8 Å². The Labute approximate surface area is 170 Å². The molecule has 0 atom stereocenters. The Bertz CT molecular complexity index is 536. The number of ether oxygens (including phenoxy) is 4. The molecule has 0 aromatic carbocycles. The van der Waals surface area contributed by atoms with Crippen LogP contribution in [0.25, 0.3) is 0 Å². The van der Waals surface area contributed by atoms with Crippen LogP contribution >= 0.6 is 0 Å². The fraction of sp³-hybridized carbons (Fsp3) is 0.579. The molecule has 2 N–H and O–H groups in total. The molecule has 0 aromatic heterocycles. The van der Waals surface area contributed by atoms with Gasteiger partial charge in [0.15, 0.2) is 0 Å². The van der Waals surface area contributed by atoms with Gasteiger partial charge < -0.3 is 29.6 Å². The number of unbranched alkanes of at least 4 members (excludes halogenated alkanes) is 3. The largest absolute Gasteiger partial charge is 0.460 e. The molecule has 0 bridgehead atoms. The molecule has 0 aromatic rings. The van der Waals surface area contributed by atoms with Crippen molar-refractivity contribution < 1.29 is 38.1 Å². The summed E-state index contributed by atoms with van der Waals surface area (Å²) in [5.74, 6) is -1.33. The first kappa shape index (κ1) is 26.1. The fourth-order valence-corrected chi connectivity index (χ4v) is 1.88. The van der Waals surface area contributed by atoms with Crippen molar-refractivity contribution >= 4 is 23.9 Å². The Morgan fingerprint density at radius 1 is 0.690 bits per heavy atom. The minimum Gasteiger partial charge on any atom is -0.460 e. The van der Waals surface area contributed by atoms with E-state index in [1.165, 1.54) is 0 Å². The summed E-state index contributed by atoms with van der Waals surface area (Å²) in [5.41, 5.74) is 0. The summed E-state index contributed by atoms with van der Waals surface area (Å²) >= 11 is 0. The van der Waals surface area contributed by atoms with E-state index < -0.39 is 18.0 Å². The molecule has 29 heavy (non-hydrogen) atoms. The molecule has 0 saturated heterocycles. The zero-order valence-corrected chi connectivity index (χ0v) is 16.6. The molecule has 164 valence electrons. The molecule has 0 fully saturated rings. The minimum atomic E-state index is -0.565. The van der Waals surface area contributed by atoms with E-state index in [0.717, 1.165) is 37.8 Å². The summed E-state index contributed by atoms with van der Waals surface area (Å²) in [7, 11) is 0. The van der Waals surface area contributed by atoms with Gasteiger partial charge in [0.05, 0.1) is 6.61 Å². The molecule has 0 radical (unpaired) electrons. The number of esters is 2. The van der Waals surface area contributed by atoms with Crippen LogP contribution in [-0.2, 0) is 33.3 Å². The number of hydrogen-bond donors (Lipinski definition) is 2. The summed E-state index contributed by atoms with van der Waals surface area (Å²) in [6.45, 7) is 7.60. The number of rotatable bonds is 17. The van der Waals surface area contributed by atoms with E-state index in [-0.39, 0.29) is 38.9 Å². The summed E-state index contributed by atoms with van der Waals surface area (Å²) in [4.78, 5) is 44.4. The van der Waals surface area contributed by atoms with Crippen molar-refractivity contribution in [3.63, 3.8) is 0 Å². The maximum atomic E-state index is 11.5. The third kappa shape index (κ3) is 18.3. The number of amides is 2. The van der Waals surface area contributed by atoms with Gasteiger partial charge in [0.2, 0.25) is 5.91 Å². The van der Waals surface area contributed by atoms with E-state index in [9.17, 15) is 19.2 Å².